The van der Waals surface area contributed by atoms with Crippen LogP contribution in [0, 0.1) is 27.7 Å². The SMILES string of the molecule is Cc1ccc(C)c(NC(=O)c2cnc(Nc3c(C)cccc3C)nc2)c1. The van der Waals surface area contributed by atoms with E-state index in [1.54, 1.807) is 0 Å². The molecule has 0 radical (unpaired) electrons. The zero-order valence-electron chi connectivity index (χ0n) is 15.4. The lowest BCUT2D eigenvalue weighted by Gasteiger charge is -2.12. The van der Waals surface area contributed by atoms with Gasteiger partial charge in [0.2, 0.25) is 5.95 Å². The Labute approximate surface area is 153 Å². The molecular weight excluding hydrogens is 324 g/mol. The normalized spacial score (nSPS) is 10.5. The van der Waals surface area contributed by atoms with Crippen molar-refractivity contribution in [1.82, 2.24) is 9.97 Å². The standard InChI is InChI=1S/C21H22N4O/c1-13-8-9-14(2)18(10-13)24-20(26)17-11-22-21(23-12-17)25-19-15(3)6-5-7-16(19)4/h5-12H,1-4H3,(H,24,26)(H,22,23,25). The minimum Gasteiger partial charge on any atom is -0.324 e. The predicted octanol–water partition coefficient (Wildman–Crippen LogP) is 4.71. The first-order chi connectivity index (χ1) is 12.4. The van der Waals surface area contributed by atoms with Gasteiger partial charge in [-0.3, -0.25) is 4.79 Å². The highest BCUT2D eigenvalue weighted by Gasteiger charge is 2.10. The predicted molar refractivity (Wildman–Crippen MR) is 105 cm³/mol. The molecular formula is C21H22N4O. The van der Waals surface area contributed by atoms with Gasteiger partial charge in [-0.05, 0) is 56.0 Å². The van der Waals surface area contributed by atoms with E-state index in [2.05, 4.69) is 20.6 Å². The molecule has 2 aromatic carbocycles. The fraction of sp³-hybridized carbons (Fsp3) is 0.190. The van der Waals surface area contributed by atoms with E-state index in [0.717, 1.165) is 33.6 Å². The Balaban J connectivity index is 1.75. The molecule has 0 spiro atoms. The number of anilines is 3. The van der Waals surface area contributed by atoms with Gasteiger partial charge in [-0.1, -0.05) is 30.3 Å². The van der Waals surface area contributed by atoms with Crippen LogP contribution in [0.15, 0.2) is 48.8 Å². The molecule has 1 amide bonds. The maximum Gasteiger partial charge on any atom is 0.258 e. The van der Waals surface area contributed by atoms with Crippen molar-refractivity contribution in [2.75, 3.05) is 10.6 Å². The van der Waals surface area contributed by atoms with E-state index in [9.17, 15) is 4.79 Å². The van der Waals surface area contributed by atoms with Crippen LogP contribution in [0.1, 0.15) is 32.6 Å². The Morgan fingerprint density at radius 3 is 2.19 bits per heavy atom. The first kappa shape index (κ1) is 17.6. The molecule has 2 N–H and O–H groups in total. The van der Waals surface area contributed by atoms with Gasteiger partial charge in [-0.15, -0.1) is 0 Å². The summed E-state index contributed by atoms with van der Waals surface area (Å²) in [5, 5.41) is 6.13. The Morgan fingerprint density at radius 2 is 1.54 bits per heavy atom. The van der Waals surface area contributed by atoms with Gasteiger partial charge in [0.15, 0.2) is 0 Å². The van der Waals surface area contributed by atoms with Gasteiger partial charge in [0.25, 0.3) is 5.91 Å². The van der Waals surface area contributed by atoms with Crippen LogP contribution < -0.4 is 10.6 Å². The van der Waals surface area contributed by atoms with Crippen LogP contribution in [0.4, 0.5) is 17.3 Å². The van der Waals surface area contributed by atoms with Crippen LogP contribution in [0.3, 0.4) is 0 Å². The third-order valence-electron chi connectivity index (χ3n) is 4.27. The largest absolute Gasteiger partial charge is 0.324 e. The van der Waals surface area contributed by atoms with E-state index in [4.69, 9.17) is 0 Å². The molecule has 0 aliphatic rings. The number of para-hydroxylation sites is 1. The van der Waals surface area contributed by atoms with Gasteiger partial charge in [0, 0.05) is 23.8 Å². The molecule has 0 atom stereocenters. The number of carbonyl (C=O) groups is 1. The van der Waals surface area contributed by atoms with Crippen LogP contribution >= 0.6 is 0 Å². The number of rotatable bonds is 4. The summed E-state index contributed by atoms with van der Waals surface area (Å²) in [6.07, 6.45) is 3.06. The summed E-state index contributed by atoms with van der Waals surface area (Å²) in [4.78, 5) is 21.0. The van der Waals surface area contributed by atoms with Crippen LogP contribution in [0.2, 0.25) is 0 Å². The number of nitrogens with one attached hydrogen (secondary N) is 2. The fourth-order valence-corrected chi connectivity index (χ4v) is 2.70. The molecule has 0 bridgehead atoms. The number of nitrogens with zero attached hydrogens (tertiary/aromatic N) is 2. The van der Waals surface area contributed by atoms with Gasteiger partial charge in [0.05, 0.1) is 5.56 Å². The summed E-state index contributed by atoms with van der Waals surface area (Å²) in [6.45, 7) is 8.01. The molecule has 3 rings (SSSR count). The second-order valence-electron chi connectivity index (χ2n) is 6.46. The van der Waals surface area contributed by atoms with Crippen molar-refractivity contribution in [1.29, 1.82) is 0 Å². The minimum absolute atomic E-state index is 0.225. The highest BCUT2D eigenvalue weighted by atomic mass is 16.1. The second-order valence-corrected chi connectivity index (χ2v) is 6.46. The fourth-order valence-electron chi connectivity index (χ4n) is 2.70. The number of aryl methyl sites for hydroxylation is 4. The third-order valence-corrected chi connectivity index (χ3v) is 4.27. The van der Waals surface area contributed by atoms with E-state index in [1.165, 1.54) is 12.4 Å². The number of aromatic nitrogens is 2. The lowest BCUT2D eigenvalue weighted by Crippen LogP contribution is -2.14. The molecule has 0 saturated carbocycles. The van der Waals surface area contributed by atoms with Crippen LogP contribution in [-0.4, -0.2) is 15.9 Å². The van der Waals surface area contributed by atoms with E-state index in [1.807, 2.05) is 64.1 Å². The van der Waals surface area contributed by atoms with Crippen molar-refractivity contribution < 1.29 is 4.79 Å². The summed E-state index contributed by atoms with van der Waals surface area (Å²) in [7, 11) is 0. The first-order valence-electron chi connectivity index (χ1n) is 8.48. The summed E-state index contributed by atoms with van der Waals surface area (Å²) in [5.41, 5.74) is 6.54. The molecule has 5 heteroatoms. The molecule has 0 saturated heterocycles. The number of amides is 1. The number of benzene rings is 2. The van der Waals surface area contributed by atoms with Crippen LogP contribution in [0.5, 0.6) is 0 Å². The molecule has 0 aliphatic heterocycles. The smallest absolute Gasteiger partial charge is 0.258 e. The van der Waals surface area contributed by atoms with E-state index in [0.29, 0.717) is 11.5 Å². The molecule has 26 heavy (non-hydrogen) atoms. The molecule has 3 aromatic rings. The van der Waals surface area contributed by atoms with Gasteiger partial charge >= 0.3 is 0 Å². The second kappa shape index (κ2) is 7.35. The monoisotopic (exact) mass is 346 g/mol. The highest BCUT2D eigenvalue weighted by molar-refractivity contribution is 6.04. The van der Waals surface area contributed by atoms with Gasteiger partial charge in [0.1, 0.15) is 0 Å². The average Bonchev–Trinajstić information content (AvgIpc) is 2.62. The summed E-state index contributed by atoms with van der Waals surface area (Å²) >= 11 is 0. The highest BCUT2D eigenvalue weighted by Crippen LogP contribution is 2.22. The van der Waals surface area contributed by atoms with Crippen molar-refractivity contribution in [3.63, 3.8) is 0 Å². The lowest BCUT2D eigenvalue weighted by molar-refractivity contribution is 0.102. The van der Waals surface area contributed by atoms with Crippen LogP contribution in [-0.2, 0) is 0 Å². The van der Waals surface area contributed by atoms with E-state index >= 15 is 0 Å². The molecule has 0 unspecified atom stereocenters. The van der Waals surface area contributed by atoms with Gasteiger partial charge in [-0.25, -0.2) is 9.97 Å². The van der Waals surface area contributed by atoms with E-state index < -0.39 is 0 Å². The van der Waals surface area contributed by atoms with Crippen molar-refractivity contribution in [2.45, 2.75) is 27.7 Å². The molecule has 0 fully saturated rings. The van der Waals surface area contributed by atoms with Crippen molar-refractivity contribution in [3.8, 4) is 0 Å². The van der Waals surface area contributed by atoms with Crippen molar-refractivity contribution in [3.05, 3.63) is 76.6 Å². The third kappa shape index (κ3) is 3.88. The molecule has 1 aromatic heterocycles. The quantitative estimate of drug-likeness (QED) is 0.718. The summed E-state index contributed by atoms with van der Waals surface area (Å²) in [6, 6.07) is 12.0. The Bertz CT molecular complexity index is 928. The van der Waals surface area contributed by atoms with E-state index in [-0.39, 0.29) is 5.91 Å². The van der Waals surface area contributed by atoms with Crippen LogP contribution in [0.25, 0.3) is 0 Å². The molecule has 0 aliphatic carbocycles. The van der Waals surface area contributed by atoms with Gasteiger partial charge in [-0.2, -0.15) is 0 Å². The maximum absolute atomic E-state index is 12.4. The first-order valence-corrected chi connectivity index (χ1v) is 8.48. The zero-order chi connectivity index (χ0) is 18.7. The molecule has 5 nitrogen and oxygen atoms in total. The van der Waals surface area contributed by atoms with Gasteiger partial charge < -0.3 is 10.6 Å². The van der Waals surface area contributed by atoms with Crippen molar-refractivity contribution in [2.24, 2.45) is 0 Å². The average molecular weight is 346 g/mol. The maximum atomic E-state index is 12.4. The number of hydrogen-bond acceptors (Lipinski definition) is 4. The Morgan fingerprint density at radius 1 is 0.885 bits per heavy atom. The molecule has 132 valence electrons. The number of carbonyl (C=O) groups excluding carboxylic acids is 1. The Hall–Kier alpha value is -3.21. The summed E-state index contributed by atoms with van der Waals surface area (Å²) in [5.74, 6) is 0.239. The Kier molecular flexibility index (Phi) is 4.98. The zero-order valence-corrected chi connectivity index (χ0v) is 15.4. The lowest BCUT2D eigenvalue weighted by atomic mass is 10.1. The topological polar surface area (TPSA) is 66.9 Å². The summed E-state index contributed by atoms with van der Waals surface area (Å²) < 4.78 is 0. The number of hydrogen-bond donors (Lipinski definition) is 2. The van der Waals surface area contributed by atoms with Crippen molar-refractivity contribution >= 4 is 23.2 Å². The minimum atomic E-state index is -0.225. The molecule has 1 heterocycles.